The molecule has 0 saturated carbocycles. The van der Waals surface area contributed by atoms with Crippen molar-refractivity contribution in [3.63, 3.8) is 0 Å². The Balaban J connectivity index is 1.65. The number of hydrogen-bond acceptors (Lipinski definition) is 7. The highest BCUT2D eigenvalue weighted by Gasteiger charge is 2.37. The molecule has 2 aliphatic rings. The molecule has 1 amide bonds. The van der Waals surface area contributed by atoms with E-state index in [0.29, 0.717) is 54.5 Å². The molecule has 188 valence electrons. The van der Waals surface area contributed by atoms with Crippen LogP contribution in [0.3, 0.4) is 0 Å². The standard InChI is InChI=1S/C23H21ClF2N6O3S/c1-12-11-32(23-28-9-14(27)10-29-23)22-16(12)7-15(8-19(22)31-4-2-3-20(31)33)36(34,35)30-21-17(25)5-13(24)6-18(21)26/h5-10,12,30H,2-4,11,27H2,1H3/t12-/m1/s1. The molecule has 1 aromatic heterocycles. The predicted molar refractivity (Wildman–Crippen MR) is 132 cm³/mol. The van der Waals surface area contributed by atoms with E-state index < -0.39 is 27.3 Å². The lowest BCUT2D eigenvalue weighted by Crippen LogP contribution is -2.27. The third kappa shape index (κ3) is 4.20. The van der Waals surface area contributed by atoms with E-state index in [0.717, 1.165) is 12.1 Å². The Hall–Kier alpha value is -3.51. The van der Waals surface area contributed by atoms with Crippen molar-refractivity contribution < 1.29 is 22.0 Å². The van der Waals surface area contributed by atoms with E-state index in [-0.39, 0.29) is 21.7 Å². The van der Waals surface area contributed by atoms with Gasteiger partial charge < -0.3 is 15.5 Å². The van der Waals surface area contributed by atoms with E-state index >= 15 is 0 Å². The summed E-state index contributed by atoms with van der Waals surface area (Å²) < 4.78 is 57.3. The number of hydrogen-bond donors (Lipinski definition) is 2. The van der Waals surface area contributed by atoms with Gasteiger partial charge in [0.05, 0.1) is 34.4 Å². The lowest BCUT2D eigenvalue weighted by molar-refractivity contribution is -0.117. The first kappa shape index (κ1) is 24.2. The summed E-state index contributed by atoms with van der Waals surface area (Å²) in [5.41, 5.74) is 6.86. The average molecular weight is 535 g/mol. The summed E-state index contributed by atoms with van der Waals surface area (Å²) in [6.45, 7) is 2.72. The number of sulfonamides is 1. The Morgan fingerprint density at radius 1 is 1.11 bits per heavy atom. The molecule has 9 nitrogen and oxygen atoms in total. The number of amides is 1. The number of fused-ring (bicyclic) bond motifs is 1. The van der Waals surface area contributed by atoms with Gasteiger partial charge in [0.2, 0.25) is 11.9 Å². The van der Waals surface area contributed by atoms with Crippen molar-refractivity contribution in [3.05, 3.63) is 58.9 Å². The van der Waals surface area contributed by atoms with Gasteiger partial charge in [-0.15, -0.1) is 0 Å². The number of nitrogens with one attached hydrogen (secondary N) is 1. The van der Waals surface area contributed by atoms with Gasteiger partial charge in [-0.25, -0.2) is 27.2 Å². The third-order valence-corrected chi connectivity index (χ3v) is 7.71. The zero-order valence-electron chi connectivity index (χ0n) is 19.0. The van der Waals surface area contributed by atoms with Crippen LogP contribution in [0.15, 0.2) is 41.6 Å². The molecule has 3 N–H and O–H groups in total. The maximum Gasteiger partial charge on any atom is 0.262 e. The molecule has 2 aromatic carbocycles. The summed E-state index contributed by atoms with van der Waals surface area (Å²) in [5, 5.41) is -0.209. The fourth-order valence-electron chi connectivity index (χ4n) is 4.50. The van der Waals surface area contributed by atoms with E-state index in [9.17, 15) is 22.0 Å². The van der Waals surface area contributed by atoms with Crippen molar-refractivity contribution in [2.45, 2.75) is 30.6 Å². The predicted octanol–water partition coefficient (Wildman–Crippen LogP) is 4.17. The molecule has 1 saturated heterocycles. The number of anilines is 5. The summed E-state index contributed by atoms with van der Waals surface area (Å²) in [5.74, 6) is -2.29. The smallest absolute Gasteiger partial charge is 0.262 e. The van der Waals surface area contributed by atoms with Gasteiger partial charge in [-0.1, -0.05) is 18.5 Å². The largest absolute Gasteiger partial charge is 0.396 e. The molecule has 36 heavy (non-hydrogen) atoms. The molecule has 1 fully saturated rings. The molecule has 0 unspecified atom stereocenters. The maximum absolute atomic E-state index is 14.3. The summed E-state index contributed by atoms with van der Waals surface area (Å²) in [6, 6.07) is 4.39. The number of benzene rings is 2. The van der Waals surface area contributed by atoms with Crippen LogP contribution >= 0.6 is 11.6 Å². The topological polar surface area (TPSA) is 122 Å². The minimum absolute atomic E-state index is 0.160. The number of nitrogen functional groups attached to an aromatic ring is 1. The van der Waals surface area contributed by atoms with Gasteiger partial charge in [0, 0.05) is 30.5 Å². The normalized spacial score (nSPS) is 17.6. The summed E-state index contributed by atoms with van der Waals surface area (Å²) in [7, 11) is -4.45. The lowest BCUT2D eigenvalue weighted by atomic mass is 10.0. The Morgan fingerprint density at radius 3 is 2.39 bits per heavy atom. The molecule has 0 bridgehead atoms. The molecular formula is C23H21ClF2N6O3S. The average Bonchev–Trinajstić information content (AvgIpc) is 3.39. The van der Waals surface area contributed by atoms with Crippen LogP contribution in [0.25, 0.3) is 0 Å². The third-order valence-electron chi connectivity index (χ3n) is 6.17. The number of carbonyl (C=O) groups excluding carboxylic acids is 1. The lowest BCUT2D eigenvalue weighted by Gasteiger charge is -2.26. The van der Waals surface area contributed by atoms with Gasteiger partial charge >= 0.3 is 0 Å². The highest BCUT2D eigenvalue weighted by molar-refractivity contribution is 7.92. The van der Waals surface area contributed by atoms with Crippen molar-refractivity contribution in [1.29, 1.82) is 0 Å². The van der Waals surface area contributed by atoms with Gasteiger partial charge in [0.1, 0.15) is 5.69 Å². The number of rotatable bonds is 5. The molecule has 13 heteroatoms. The first-order chi connectivity index (χ1) is 17.0. The van der Waals surface area contributed by atoms with E-state index in [2.05, 4.69) is 9.97 Å². The highest BCUT2D eigenvalue weighted by Crippen LogP contribution is 2.48. The van der Waals surface area contributed by atoms with Crippen molar-refractivity contribution in [3.8, 4) is 0 Å². The van der Waals surface area contributed by atoms with Gasteiger partial charge in [0.25, 0.3) is 10.0 Å². The monoisotopic (exact) mass is 534 g/mol. The van der Waals surface area contributed by atoms with Crippen molar-refractivity contribution in [2.75, 3.05) is 33.3 Å². The number of nitrogens with two attached hydrogens (primary N) is 1. The second-order valence-corrected chi connectivity index (χ2v) is 10.8. The van der Waals surface area contributed by atoms with Crippen LogP contribution in [0, 0.1) is 11.6 Å². The zero-order chi connectivity index (χ0) is 25.8. The summed E-state index contributed by atoms with van der Waals surface area (Å²) in [4.78, 5) is 24.4. The van der Waals surface area contributed by atoms with Crippen molar-refractivity contribution in [1.82, 2.24) is 9.97 Å². The van der Waals surface area contributed by atoms with Crippen molar-refractivity contribution in [2.24, 2.45) is 0 Å². The first-order valence-corrected chi connectivity index (χ1v) is 12.9. The molecule has 3 heterocycles. The Kier molecular flexibility index (Phi) is 5.95. The summed E-state index contributed by atoms with van der Waals surface area (Å²) >= 11 is 5.65. The minimum Gasteiger partial charge on any atom is -0.396 e. The molecule has 3 aromatic rings. The number of carbonyl (C=O) groups is 1. The van der Waals surface area contributed by atoms with Crippen LogP contribution in [-0.2, 0) is 14.8 Å². The molecule has 1 atom stereocenters. The summed E-state index contributed by atoms with van der Waals surface area (Å²) in [6.07, 6.45) is 3.85. The van der Waals surface area contributed by atoms with Crippen LogP contribution in [0.5, 0.6) is 0 Å². The van der Waals surface area contributed by atoms with Crippen LogP contribution in [-0.4, -0.2) is 37.4 Å². The maximum atomic E-state index is 14.3. The molecular weight excluding hydrogens is 514 g/mol. The van der Waals surface area contributed by atoms with E-state index in [1.165, 1.54) is 29.4 Å². The molecule has 0 radical (unpaired) electrons. The molecule has 0 aliphatic carbocycles. The van der Waals surface area contributed by atoms with Crippen LogP contribution in [0.4, 0.5) is 37.5 Å². The van der Waals surface area contributed by atoms with Gasteiger partial charge in [-0.05, 0) is 36.2 Å². The SMILES string of the molecule is C[C@@H]1CN(c2ncc(N)cn2)c2c1cc(S(=O)(=O)Nc1c(F)cc(Cl)cc1F)cc2N1CCCC1=O. The van der Waals surface area contributed by atoms with Crippen molar-refractivity contribution >= 4 is 56.2 Å². The zero-order valence-corrected chi connectivity index (χ0v) is 20.6. The Morgan fingerprint density at radius 2 is 1.78 bits per heavy atom. The fraction of sp³-hybridized carbons (Fsp3) is 0.261. The molecule has 5 rings (SSSR count). The second kappa shape index (κ2) is 8.86. The van der Waals surface area contributed by atoms with Crippen LogP contribution in [0.1, 0.15) is 31.2 Å². The number of halogens is 3. The van der Waals surface area contributed by atoms with E-state index in [4.69, 9.17) is 17.3 Å². The van der Waals surface area contributed by atoms with Crippen LogP contribution < -0.4 is 20.3 Å². The Labute approximate surface area is 210 Å². The number of aromatic nitrogens is 2. The van der Waals surface area contributed by atoms with Crippen LogP contribution in [0.2, 0.25) is 5.02 Å². The second-order valence-electron chi connectivity index (χ2n) is 8.71. The van der Waals surface area contributed by atoms with Gasteiger partial charge in [-0.3, -0.25) is 9.52 Å². The highest BCUT2D eigenvalue weighted by atomic mass is 35.5. The van der Waals surface area contributed by atoms with Gasteiger partial charge in [-0.2, -0.15) is 0 Å². The van der Waals surface area contributed by atoms with E-state index in [1.807, 2.05) is 16.5 Å². The number of nitrogens with zero attached hydrogens (tertiary/aromatic N) is 4. The molecule has 0 spiro atoms. The van der Waals surface area contributed by atoms with Gasteiger partial charge in [0.15, 0.2) is 11.6 Å². The quantitative estimate of drug-likeness (QED) is 0.503. The van der Waals surface area contributed by atoms with E-state index in [1.54, 1.807) is 0 Å². The Bertz CT molecular complexity index is 1460. The minimum atomic E-state index is -4.45. The molecule has 2 aliphatic heterocycles. The fourth-order valence-corrected chi connectivity index (χ4v) is 5.82. The first-order valence-electron chi connectivity index (χ1n) is 11.1.